The van der Waals surface area contributed by atoms with E-state index in [-0.39, 0.29) is 11.4 Å². The molecule has 7 nitrogen and oxygen atoms in total. The van der Waals surface area contributed by atoms with Gasteiger partial charge in [0.1, 0.15) is 29.6 Å². The van der Waals surface area contributed by atoms with E-state index in [1.807, 2.05) is 30.3 Å². The average molecular weight is 506 g/mol. The molecule has 0 saturated heterocycles. The van der Waals surface area contributed by atoms with E-state index < -0.39 is 11.9 Å². The van der Waals surface area contributed by atoms with Crippen molar-refractivity contribution >= 4 is 28.4 Å². The molecule has 0 bridgehead atoms. The van der Waals surface area contributed by atoms with Crippen LogP contribution in [0.5, 0.6) is 23.0 Å². The smallest absolute Gasteiger partial charge is 0.417 e. The summed E-state index contributed by atoms with van der Waals surface area (Å²) in [5.41, 5.74) is 1.77. The van der Waals surface area contributed by atoms with Gasteiger partial charge >= 0.3 is 6.09 Å². The fraction of sp³-hybridized carbons (Fsp3) is 0.0333. The highest BCUT2D eigenvalue weighted by Crippen LogP contribution is 2.38. The van der Waals surface area contributed by atoms with Crippen molar-refractivity contribution in [2.75, 3.05) is 5.32 Å². The number of nitrogens with zero attached hydrogens (tertiary/aromatic N) is 2. The van der Waals surface area contributed by atoms with Crippen molar-refractivity contribution in [2.24, 2.45) is 0 Å². The molecule has 1 amide bonds. The molecule has 0 aliphatic rings. The van der Waals surface area contributed by atoms with Crippen molar-refractivity contribution in [2.45, 2.75) is 6.61 Å². The van der Waals surface area contributed by atoms with Crippen LogP contribution in [-0.2, 0) is 6.61 Å². The van der Waals surface area contributed by atoms with E-state index in [0.29, 0.717) is 40.4 Å². The van der Waals surface area contributed by atoms with Crippen LogP contribution >= 0.6 is 0 Å². The number of ether oxygens (including phenoxy) is 3. The highest BCUT2D eigenvalue weighted by Gasteiger charge is 2.14. The summed E-state index contributed by atoms with van der Waals surface area (Å²) >= 11 is 0. The molecule has 0 saturated carbocycles. The summed E-state index contributed by atoms with van der Waals surface area (Å²) in [5, 5.41) is 2.94. The molecule has 5 aromatic rings. The molecule has 38 heavy (non-hydrogen) atoms. The van der Waals surface area contributed by atoms with Crippen LogP contribution < -0.4 is 19.5 Å². The fourth-order valence-corrected chi connectivity index (χ4v) is 3.68. The highest BCUT2D eigenvalue weighted by molar-refractivity contribution is 5.91. The van der Waals surface area contributed by atoms with Crippen LogP contribution in [0.4, 0.5) is 20.6 Å². The molecule has 0 radical (unpaired) electrons. The number of carbonyl (C=O) groups excluding carboxylic acids is 1. The van der Waals surface area contributed by atoms with Crippen LogP contribution in [0.1, 0.15) is 5.56 Å². The van der Waals surface area contributed by atoms with Gasteiger partial charge in [0.05, 0.1) is 17.8 Å². The van der Waals surface area contributed by atoms with E-state index >= 15 is 0 Å². The summed E-state index contributed by atoms with van der Waals surface area (Å²) in [6.45, 7) is 7.91. The number of amides is 1. The van der Waals surface area contributed by atoms with Gasteiger partial charge in [0.25, 0.3) is 0 Å². The monoisotopic (exact) mass is 505 g/mol. The predicted molar refractivity (Wildman–Crippen MR) is 141 cm³/mol. The maximum absolute atomic E-state index is 14.7. The Kier molecular flexibility index (Phi) is 7.09. The van der Waals surface area contributed by atoms with Gasteiger partial charge in [-0.25, -0.2) is 14.0 Å². The first-order chi connectivity index (χ1) is 18.6. The first-order valence-corrected chi connectivity index (χ1v) is 11.6. The van der Waals surface area contributed by atoms with Gasteiger partial charge in [-0.2, -0.15) is 0 Å². The van der Waals surface area contributed by atoms with Crippen molar-refractivity contribution in [3.63, 3.8) is 0 Å². The first-order valence-electron chi connectivity index (χ1n) is 11.6. The van der Waals surface area contributed by atoms with Crippen molar-refractivity contribution in [1.82, 2.24) is 4.98 Å². The Morgan fingerprint density at radius 1 is 0.895 bits per heavy atom. The number of aromatic nitrogens is 1. The summed E-state index contributed by atoms with van der Waals surface area (Å²) in [6.07, 6.45) is 0.739. The Balaban J connectivity index is 1.33. The summed E-state index contributed by atoms with van der Waals surface area (Å²) in [6, 6.07) is 27.1. The van der Waals surface area contributed by atoms with Crippen LogP contribution in [0.15, 0.2) is 103 Å². The molecule has 1 aromatic heterocycles. The Morgan fingerprint density at radius 3 is 2.39 bits per heavy atom. The highest BCUT2D eigenvalue weighted by atomic mass is 19.1. The number of nitrogens with one attached hydrogen (secondary N) is 1. The molecule has 4 aromatic carbocycles. The maximum atomic E-state index is 14.7. The maximum Gasteiger partial charge on any atom is 0.417 e. The van der Waals surface area contributed by atoms with E-state index in [0.717, 1.165) is 11.6 Å². The lowest BCUT2D eigenvalue weighted by Gasteiger charge is -2.13. The van der Waals surface area contributed by atoms with Gasteiger partial charge in [-0.3, -0.25) is 10.3 Å². The summed E-state index contributed by atoms with van der Waals surface area (Å²) in [7, 11) is 0. The Morgan fingerprint density at radius 2 is 1.66 bits per heavy atom. The minimum Gasteiger partial charge on any atom is -0.500 e. The normalized spacial score (nSPS) is 10.4. The van der Waals surface area contributed by atoms with Crippen LogP contribution in [0.25, 0.3) is 15.7 Å². The third-order valence-electron chi connectivity index (χ3n) is 5.50. The first kappa shape index (κ1) is 24.3. The Bertz CT molecular complexity index is 1640. The second-order valence-corrected chi connectivity index (χ2v) is 8.10. The van der Waals surface area contributed by atoms with Crippen LogP contribution in [0.2, 0.25) is 0 Å². The third-order valence-corrected chi connectivity index (χ3v) is 5.50. The van der Waals surface area contributed by atoms with Crippen molar-refractivity contribution < 1.29 is 23.4 Å². The molecule has 1 heterocycles. The van der Waals surface area contributed by atoms with Gasteiger partial charge < -0.3 is 14.2 Å². The molecule has 0 spiro atoms. The lowest BCUT2D eigenvalue weighted by molar-refractivity contribution is 0.215. The fourth-order valence-electron chi connectivity index (χ4n) is 3.68. The molecular formula is C30H20FN3O4. The number of hydrogen-bond donors (Lipinski definition) is 1. The third kappa shape index (κ3) is 5.69. The zero-order chi connectivity index (χ0) is 26.3. The Labute approximate surface area is 217 Å². The van der Waals surface area contributed by atoms with E-state index in [4.69, 9.17) is 20.8 Å². The number of anilines is 1. The molecule has 5 rings (SSSR count). The molecule has 8 heteroatoms. The quantitative estimate of drug-likeness (QED) is 0.228. The van der Waals surface area contributed by atoms with Crippen LogP contribution in [-0.4, -0.2) is 11.1 Å². The summed E-state index contributed by atoms with van der Waals surface area (Å²) < 4.78 is 31.7. The standard InChI is InChI=1S/C30H20FN3O4/c1-32-27-17-23-26(18-29(27)36-19-20-8-4-2-5-9-20)33-15-14-28(23)37-22-12-13-25(24(31)16-22)34-30(35)38-21-10-6-3-7-11-21/h2-18H,19H2,(H,34,35). The number of rotatable bonds is 7. The lowest BCUT2D eigenvalue weighted by Crippen LogP contribution is -2.17. The molecule has 0 unspecified atom stereocenters. The largest absolute Gasteiger partial charge is 0.500 e. The number of para-hydroxylation sites is 1. The van der Waals surface area contributed by atoms with Gasteiger partial charge in [-0.05, 0) is 48.0 Å². The van der Waals surface area contributed by atoms with Gasteiger partial charge in [-0.1, -0.05) is 48.5 Å². The predicted octanol–water partition coefficient (Wildman–Crippen LogP) is 7.91. The second kappa shape index (κ2) is 11.1. The SMILES string of the molecule is [C-]#[N+]c1cc2c(Oc3ccc(NC(=O)Oc4ccccc4)c(F)c3)ccnc2cc1OCc1ccccc1. The van der Waals surface area contributed by atoms with Gasteiger partial charge in [0.2, 0.25) is 5.69 Å². The molecule has 186 valence electrons. The summed E-state index contributed by atoms with van der Waals surface area (Å²) in [4.78, 5) is 20.1. The lowest BCUT2D eigenvalue weighted by atomic mass is 10.1. The van der Waals surface area contributed by atoms with Crippen LogP contribution in [0.3, 0.4) is 0 Å². The zero-order valence-electron chi connectivity index (χ0n) is 19.9. The molecule has 0 fully saturated rings. The van der Waals surface area contributed by atoms with E-state index in [1.54, 1.807) is 54.7 Å². The number of carbonyl (C=O) groups is 1. The number of halogens is 1. The van der Waals surface area contributed by atoms with Crippen LogP contribution in [0, 0.1) is 12.4 Å². The topological polar surface area (TPSA) is 74.0 Å². The van der Waals surface area contributed by atoms with E-state index in [2.05, 4.69) is 15.1 Å². The van der Waals surface area contributed by atoms with Gasteiger partial charge in [0, 0.05) is 17.6 Å². The van der Waals surface area contributed by atoms with E-state index in [1.165, 1.54) is 12.1 Å². The molecule has 1 N–H and O–H groups in total. The molecule has 0 aliphatic heterocycles. The van der Waals surface area contributed by atoms with Gasteiger partial charge in [-0.15, -0.1) is 0 Å². The van der Waals surface area contributed by atoms with E-state index in [9.17, 15) is 9.18 Å². The van der Waals surface area contributed by atoms with Crippen molar-refractivity contribution in [3.05, 3.63) is 126 Å². The average Bonchev–Trinajstić information content (AvgIpc) is 2.94. The summed E-state index contributed by atoms with van der Waals surface area (Å²) in [5.74, 6) is 0.625. The molecule has 0 atom stereocenters. The van der Waals surface area contributed by atoms with Gasteiger partial charge in [0.15, 0.2) is 5.82 Å². The zero-order valence-corrected chi connectivity index (χ0v) is 19.9. The second-order valence-electron chi connectivity index (χ2n) is 8.10. The number of hydrogen-bond acceptors (Lipinski definition) is 5. The number of benzene rings is 4. The minimum atomic E-state index is -0.819. The van der Waals surface area contributed by atoms with Crippen molar-refractivity contribution in [3.8, 4) is 23.0 Å². The molecule has 0 aliphatic carbocycles. The molecular weight excluding hydrogens is 485 g/mol. The number of pyridine rings is 1. The minimum absolute atomic E-state index is 0.0617. The Hall–Kier alpha value is -5.42. The number of fused-ring (bicyclic) bond motifs is 1. The van der Waals surface area contributed by atoms with Crippen molar-refractivity contribution in [1.29, 1.82) is 0 Å².